The molecule has 3 rings (SSSR count). The SMILES string of the molecule is CC(C)=C1C=C[C@H]2[C@@H]1[C@H]1C(C(C)(C)C)=C(C(C)(C)C)[C@@H]2S1=O. The van der Waals surface area contributed by atoms with Gasteiger partial charge in [-0.3, -0.25) is 4.21 Å². The van der Waals surface area contributed by atoms with Gasteiger partial charge in [0, 0.05) is 22.6 Å². The third kappa shape index (κ3) is 2.06. The van der Waals surface area contributed by atoms with Gasteiger partial charge in [-0.1, -0.05) is 59.3 Å². The van der Waals surface area contributed by atoms with Crippen molar-refractivity contribution in [2.75, 3.05) is 0 Å². The first-order chi connectivity index (χ1) is 9.96. The van der Waals surface area contributed by atoms with E-state index in [1.165, 1.54) is 22.3 Å². The van der Waals surface area contributed by atoms with E-state index in [2.05, 4.69) is 67.5 Å². The van der Waals surface area contributed by atoms with Crippen molar-refractivity contribution in [3.8, 4) is 0 Å². The van der Waals surface area contributed by atoms with E-state index in [0.29, 0.717) is 11.8 Å². The zero-order valence-electron chi connectivity index (χ0n) is 15.3. The lowest BCUT2D eigenvalue weighted by molar-refractivity contribution is 0.359. The second kappa shape index (κ2) is 4.69. The van der Waals surface area contributed by atoms with Crippen LogP contribution in [0.5, 0.6) is 0 Å². The Morgan fingerprint density at radius 2 is 1.45 bits per heavy atom. The molecule has 0 saturated carbocycles. The fourth-order valence-electron chi connectivity index (χ4n) is 4.84. The highest BCUT2D eigenvalue weighted by Crippen LogP contribution is 2.61. The lowest BCUT2D eigenvalue weighted by Crippen LogP contribution is -2.35. The van der Waals surface area contributed by atoms with Gasteiger partial charge in [-0.15, -0.1) is 0 Å². The normalized spacial score (nSPS) is 37.3. The number of hydrogen-bond donors (Lipinski definition) is 0. The zero-order valence-corrected chi connectivity index (χ0v) is 16.1. The van der Waals surface area contributed by atoms with E-state index in [4.69, 9.17) is 0 Å². The summed E-state index contributed by atoms with van der Waals surface area (Å²) in [5.41, 5.74) is 6.01. The van der Waals surface area contributed by atoms with Gasteiger partial charge in [0.05, 0.1) is 10.5 Å². The molecule has 2 aliphatic heterocycles. The van der Waals surface area contributed by atoms with Gasteiger partial charge in [-0.05, 0) is 41.4 Å². The third-order valence-electron chi connectivity index (χ3n) is 5.50. The number of allylic oxidation sites excluding steroid dienone is 4. The van der Waals surface area contributed by atoms with Crippen molar-refractivity contribution in [2.45, 2.75) is 65.9 Å². The molecule has 0 N–H and O–H groups in total. The van der Waals surface area contributed by atoms with Crippen molar-refractivity contribution in [1.29, 1.82) is 0 Å². The molecule has 0 aromatic rings. The molecule has 1 unspecified atom stereocenters. The Morgan fingerprint density at radius 3 is 1.91 bits per heavy atom. The van der Waals surface area contributed by atoms with Gasteiger partial charge in [0.25, 0.3) is 0 Å². The Bertz CT molecular complexity index is 630. The maximum atomic E-state index is 13.3. The molecule has 0 aromatic heterocycles. The maximum absolute atomic E-state index is 13.3. The highest BCUT2D eigenvalue weighted by molar-refractivity contribution is 7.87. The number of rotatable bonds is 0. The Kier molecular flexibility index (Phi) is 3.46. The molecule has 1 fully saturated rings. The van der Waals surface area contributed by atoms with Crippen LogP contribution < -0.4 is 0 Å². The maximum Gasteiger partial charge on any atom is 0.0646 e. The summed E-state index contributed by atoms with van der Waals surface area (Å²) >= 11 is 0. The molecule has 2 heterocycles. The first-order valence-corrected chi connectivity index (χ1v) is 9.74. The van der Waals surface area contributed by atoms with Crippen molar-refractivity contribution < 1.29 is 4.21 Å². The summed E-state index contributed by atoms with van der Waals surface area (Å²) < 4.78 is 13.3. The Morgan fingerprint density at radius 1 is 0.955 bits per heavy atom. The van der Waals surface area contributed by atoms with E-state index in [9.17, 15) is 4.21 Å². The minimum absolute atomic E-state index is 0.0952. The van der Waals surface area contributed by atoms with Crippen molar-refractivity contribution in [2.24, 2.45) is 22.7 Å². The molecule has 0 spiro atoms. The van der Waals surface area contributed by atoms with Crippen LogP contribution in [-0.2, 0) is 10.8 Å². The highest BCUT2D eigenvalue weighted by Gasteiger charge is 2.62. The molecule has 3 aliphatic rings. The van der Waals surface area contributed by atoms with Gasteiger partial charge in [0.15, 0.2) is 0 Å². The molecule has 2 heteroatoms. The van der Waals surface area contributed by atoms with Gasteiger partial charge in [0.1, 0.15) is 0 Å². The molecule has 0 radical (unpaired) electrons. The molecule has 122 valence electrons. The quantitative estimate of drug-likeness (QED) is 0.573. The standard InChI is InChI=1S/C20H30OS/c1-11(2)12-9-10-13-14(12)18-16(20(6,7)8)15(19(3,4)5)17(13)22(18)21/h9-10,13-14,17-18H,1-8H3/t13-,14+,17+,18-,22?/m0/s1. The predicted molar refractivity (Wildman–Crippen MR) is 96.1 cm³/mol. The molecule has 2 bridgehead atoms. The molecular formula is C20H30OS. The average Bonchev–Trinajstić information content (AvgIpc) is 2.93. The Balaban J connectivity index is 2.24. The Hall–Kier alpha value is -0.630. The van der Waals surface area contributed by atoms with Crippen molar-refractivity contribution in [3.05, 3.63) is 34.4 Å². The zero-order chi connectivity index (χ0) is 16.6. The first kappa shape index (κ1) is 16.2. The fourth-order valence-corrected chi connectivity index (χ4v) is 7.77. The summed E-state index contributed by atoms with van der Waals surface area (Å²) in [6, 6.07) is 0. The van der Waals surface area contributed by atoms with Gasteiger partial charge in [-0.2, -0.15) is 0 Å². The van der Waals surface area contributed by atoms with Gasteiger partial charge < -0.3 is 0 Å². The van der Waals surface area contributed by atoms with Crippen LogP contribution in [-0.4, -0.2) is 14.7 Å². The van der Waals surface area contributed by atoms with Crippen LogP contribution in [0.4, 0.5) is 0 Å². The fraction of sp³-hybridized carbons (Fsp3) is 0.700. The van der Waals surface area contributed by atoms with Crippen LogP contribution in [0.3, 0.4) is 0 Å². The topological polar surface area (TPSA) is 17.1 Å². The highest BCUT2D eigenvalue weighted by atomic mass is 32.2. The van der Waals surface area contributed by atoms with E-state index in [0.717, 1.165) is 0 Å². The van der Waals surface area contributed by atoms with Crippen LogP contribution >= 0.6 is 0 Å². The monoisotopic (exact) mass is 318 g/mol. The molecular weight excluding hydrogens is 288 g/mol. The second-order valence-electron chi connectivity index (χ2n) is 9.41. The molecule has 0 aromatic carbocycles. The van der Waals surface area contributed by atoms with E-state index in [1.807, 2.05) is 0 Å². The van der Waals surface area contributed by atoms with Crippen LogP contribution in [0.25, 0.3) is 0 Å². The van der Waals surface area contributed by atoms with E-state index in [-0.39, 0.29) is 21.3 Å². The summed E-state index contributed by atoms with van der Waals surface area (Å²) in [5, 5.41) is 0.460. The lowest BCUT2D eigenvalue weighted by atomic mass is 9.63. The molecule has 1 nitrogen and oxygen atoms in total. The second-order valence-corrected chi connectivity index (χ2v) is 11.1. The van der Waals surface area contributed by atoms with Crippen molar-refractivity contribution >= 4 is 10.8 Å². The molecule has 0 amide bonds. The van der Waals surface area contributed by atoms with Gasteiger partial charge in [0.2, 0.25) is 0 Å². The first-order valence-electron chi connectivity index (χ1n) is 8.46. The van der Waals surface area contributed by atoms with Crippen LogP contribution in [0.2, 0.25) is 0 Å². The summed E-state index contributed by atoms with van der Waals surface area (Å²) in [7, 11) is -0.760. The summed E-state index contributed by atoms with van der Waals surface area (Å²) in [4.78, 5) is 0. The van der Waals surface area contributed by atoms with Crippen LogP contribution in [0.15, 0.2) is 34.4 Å². The number of hydrogen-bond acceptors (Lipinski definition) is 1. The minimum atomic E-state index is -0.760. The van der Waals surface area contributed by atoms with E-state index in [1.54, 1.807) is 0 Å². The van der Waals surface area contributed by atoms with Crippen LogP contribution in [0, 0.1) is 22.7 Å². The van der Waals surface area contributed by atoms with E-state index >= 15 is 0 Å². The minimum Gasteiger partial charge on any atom is -0.258 e. The summed E-state index contributed by atoms with van der Waals surface area (Å²) in [6.07, 6.45) is 4.66. The summed E-state index contributed by atoms with van der Waals surface area (Å²) in [6.45, 7) is 18.2. The van der Waals surface area contributed by atoms with Gasteiger partial charge in [-0.25, -0.2) is 0 Å². The molecule has 1 aliphatic carbocycles. The lowest BCUT2D eigenvalue weighted by Gasteiger charge is -2.39. The predicted octanol–water partition coefficient (Wildman–Crippen LogP) is 5.03. The van der Waals surface area contributed by atoms with Crippen LogP contribution in [0.1, 0.15) is 55.4 Å². The summed E-state index contributed by atoms with van der Waals surface area (Å²) in [5.74, 6) is 0.909. The third-order valence-corrected chi connectivity index (χ3v) is 7.58. The number of fused-ring (bicyclic) bond motifs is 5. The molecule has 5 atom stereocenters. The smallest absolute Gasteiger partial charge is 0.0646 e. The molecule has 22 heavy (non-hydrogen) atoms. The van der Waals surface area contributed by atoms with Crippen molar-refractivity contribution in [1.82, 2.24) is 0 Å². The van der Waals surface area contributed by atoms with Gasteiger partial charge >= 0.3 is 0 Å². The molecule has 1 saturated heterocycles. The Labute approximate surface area is 138 Å². The van der Waals surface area contributed by atoms with Crippen molar-refractivity contribution in [3.63, 3.8) is 0 Å². The largest absolute Gasteiger partial charge is 0.258 e. The van der Waals surface area contributed by atoms with E-state index < -0.39 is 10.8 Å². The average molecular weight is 319 g/mol.